The molecule has 1 nitrogen and oxygen atoms in total. The van der Waals surface area contributed by atoms with E-state index in [1.165, 1.54) is 5.56 Å². The molecule has 0 amide bonds. The third-order valence-electron chi connectivity index (χ3n) is 2.00. The Morgan fingerprint density at radius 1 is 1.07 bits per heavy atom. The van der Waals surface area contributed by atoms with E-state index in [4.69, 9.17) is 0 Å². The van der Waals surface area contributed by atoms with Crippen LogP contribution < -0.4 is 0 Å². The Morgan fingerprint density at radius 3 is 1.57 bits per heavy atom. The van der Waals surface area contributed by atoms with Crippen LogP contribution in [-0.2, 0) is 4.79 Å². The van der Waals surface area contributed by atoms with Gasteiger partial charge in [-0.2, -0.15) is 0 Å². The first-order valence-electron chi connectivity index (χ1n) is 4.86. The van der Waals surface area contributed by atoms with E-state index in [-0.39, 0.29) is 11.2 Å². The molecule has 0 saturated carbocycles. The van der Waals surface area contributed by atoms with Gasteiger partial charge in [0, 0.05) is 5.41 Å². The molecular weight excluding hydrogens is 172 g/mol. The predicted molar refractivity (Wildman–Crippen MR) is 61.3 cm³/mol. The minimum Gasteiger partial charge on any atom is -0.299 e. The van der Waals surface area contributed by atoms with Gasteiger partial charge in [-0.1, -0.05) is 56.7 Å². The lowest BCUT2D eigenvalue weighted by molar-refractivity contribution is -0.124. The van der Waals surface area contributed by atoms with Crippen LogP contribution in [0, 0.1) is 12.3 Å². The zero-order valence-corrected chi connectivity index (χ0v) is 9.79. The predicted octanol–water partition coefficient (Wildman–Crippen LogP) is 3.62. The maximum Gasteiger partial charge on any atom is 0.135 e. The highest BCUT2D eigenvalue weighted by atomic mass is 16.1. The van der Waals surface area contributed by atoms with Gasteiger partial charge in [-0.25, -0.2) is 0 Å². The fourth-order valence-corrected chi connectivity index (χ4v) is 0.534. The molecule has 0 saturated heterocycles. The molecule has 1 rings (SSSR count). The summed E-state index contributed by atoms with van der Waals surface area (Å²) in [5, 5.41) is 0. The lowest BCUT2D eigenvalue weighted by Crippen LogP contribution is -2.15. The SMILES string of the molecule is CC(=O)C(C)(C)C.Cc1ccccc1. The molecule has 0 atom stereocenters. The van der Waals surface area contributed by atoms with Crippen molar-refractivity contribution in [3.63, 3.8) is 0 Å². The molecule has 1 heteroatoms. The van der Waals surface area contributed by atoms with Gasteiger partial charge in [0.25, 0.3) is 0 Å². The van der Waals surface area contributed by atoms with Crippen LogP contribution in [0.1, 0.15) is 33.3 Å². The molecule has 0 N–H and O–H groups in total. The molecule has 78 valence electrons. The van der Waals surface area contributed by atoms with E-state index in [1.807, 2.05) is 39.0 Å². The summed E-state index contributed by atoms with van der Waals surface area (Å²) < 4.78 is 0. The van der Waals surface area contributed by atoms with Crippen molar-refractivity contribution in [2.24, 2.45) is 5.41 Å². The Balaban J connectivity index is 0.000000241. The van der Waals surface area contributed by atoms with Crippen molar-refractivity contribution >= 4 is 5.78 Å². The van der Waals surface area contributed by atoms with E-state index >= 15 is 0 Å². The van der Waals surface area contributed by atoms with Crippen LogP contribution in [0.25, 0.3) is 0 Å². The summed E-state index contributed by atoms with van der Waals surface area (Å²) in [5.41, 5.74) is 1.18. The second-order valence-electron chi connectivity index (χ2n) is 4.46. The van der Waals surface area contributed by atoms with Gasteiger partial charge in [0.2, 0.25) is 0 Å². The maximum absolute atomic E-state index is 10.5. The van der Waals surface area contributed by atoms with E-state index in [2.05, 4.69) is 19.1 Å². The van der Waals surface area contributed by atoms with Crippen LogP contribution >= 0.6 is 0 Å². The smallest absolute Gasteiger partial charge is 0.135 e. The average molecular weight is 192 g/mol. The second-order valence-corrected chi connectivity index (χ2v) is 4.46. The Morgan fingerprint density at radius 2 is 1.43 bits per heavy atom. The van der Waals surface area contributed by atoms with Gasteiger partial charge in [0.1, 0.15) is 5.78 Å². The van der Waals surface area contributed by atoms with Gasteiger partial charge < -0.3 is 0 Å². The average Bonchev–Trinajstić information content (AvgIpc) is 2.04. The van der Waals surface area contributed by atoms with Crippen LogP contribution in [0.5, 0.6) is 0 Å². The quantitative estimate of drug-likeness (QED) is 0.613. The third-order valence-corrected chi connectivity index (χ3v) is 2.00. The first-order chi connectivity index (χ1) is 6.34. The molecular formula is C13H20O. The molecule has 0 bridgehead atoms. The van der Waals surface area contributed by atoms with Crippen molar-refractivity contribution in [1.29, 1.82) is 0 Å². The zero-order valence-electron chi connectivity index (χ0n) is 9.79. The fourth-order valence-electron chi connectivity index (χ4n) is 0.534. The number of aryl methyl sites for hydroxylation is 1. The van der Waals surface area contributed by atoms with Gasteiger partial charge in [-0.05, 0) is 13.8 Å². The molecule has 1 aromatic carbocycles. The van der Waals surface area contributed by atoms with Crippen molar-refractivity contribution in [2.45, 2.75) is 34.6 Å². The van der Waals surface area contributed by atoms with E-state index < -0.39 is 0 Å². The number of carbonyl (C=O) groups is 1. The number of rotatable bonds is 0. The topological polar surface area (TPSA) is 17.1 Å². The van der Waals surface area contributed by atoms with Crippen LogP contribution in [0.2, 0.25) is 0 Å². The van der Waals surface area contributed by atoms with Crippen molar-refractivity contribution in [1.82, 2.24) is 0 Å². The lowest BCUT2D eigenvalue weighted by atomic mass is 9.92. The summed E-state index contributed by atoms with van der Waals surface area (Å²) in [6.07, 6.45) is 0. The minimum atomic E-state index is -0.139. The summed E-state index contributed by atoms with van der Waals surface area (Å²) in [5.74, 6) is 0.243. The molecule has 1 aromatic rings. The number of benzene rings is 1. The Labute approximate surface area is 87.2 Å². The van der Waals surface area contributed by atoms with Crippen LogP contribution in [-0.4, -0.2) is 5.78 Å². The normalized spacial score (nSPS) is 10.1. The maximum atomic E-state index is 10.5. The number of ketones is 1. The molecule has 0 spiro atoms. The Kier molecular flexibility index (Phi) is 5.14. The molecule has 0 radical (unpaired) electrons. The van der Waals surface area contributed by atoms with Crippen LogP contribution in [0.4, 0.5) is 0 Å². The van der Waals surface area contributed by atoms with Gasteiger partial charge in [0.05, 0.1) is 0 Å². The second kappa shape index (κ2) is 5.58. The highest BCUT2D eigenvalue weighted by molar-refractivity contribution is 5.80. The monoisotopic (exact) mass is 192 g/mol. The molecule has 0 heterocycles. The Hall–Kier alpha value is -1.11. The standard InChI is InChI=1S/C7H8.C6H12O/c1-7-5-3-2-4-6-7;1-5(7)6(2,3)4/h2-6H,1H3;1-4H3. The largest absolute Gasteiger partial charge is 0.299 e. The first-order valence-corrected chi connectivity index (χ1v) is 4.86. The molecule has 14 heavy (non-hydrogen) atoms. The van der Waals surface area contributed by atoms with E-state index in [0.29, 0.717) is 0 Å². The number of hydrogen-bond donors (Lipinski definition) is 0. The van der Waals surface area contributed by atoms with Gasteiger partial charge in [0.15, 0.2) is 0 Å². The van der Waals surface area contributed by atoms with Crippen molar-refractivity contribution in [2.75, 3.05) is 0 Å². The Bertz CT molecular complexity index is 267. The van der Waals surface area contributed by atoms with Crippen molar-refractivity contribution in [3.8, 4) is 0 Å². The lowest BCUT2D eigenvalue weighted by Gasteiger charge is -2.11. The molecule has 0 aliphatic heterocycles. The molecule has 0 aliphatic carbocycles. The van der Waals surface area contributed by atoms with E-state index in [9.17, 15) is 4.79 Å². The molecule has 0 aliphatic rings. The summed E-state index contributed by atoms with van der Waals surface area (Å²) in [6.45, 7) is 9.43. The van der Waals surface area contributed by atoms with Crippen molar-refractivity contribution < 1.29 is 4.79 Å². The van der Waals surface area contributed by atoms with E-state index in [0.717, 1.165) is 0 Å². The minimum absolute atomic E-state index is 0.139. The van der Waals surface area contributed by atoms with Crippen LogP contribution in [0.15, 0.2) is 30.3 Å². The molecule has 0 aromatic heterocycles. The zero-order chi connectivity index (χ0) is 11.2. The molecule has 0 unspecified atom stereocenters. The van der Waals surface area contributed by atoms with Crippen LogP contribution in [0.3, 0.4) is 0 Å². The highest BCUT2D eigenvalue weighted by Crippen LogP contribution is 2.12. The fraction of sp³-hybridized carbons (Fsp3) is 0.462. The van der Waals surface area contributed by atoms with Gasteiger partial charge in [-0.3, -0.25) is 4.79 Å². The van der Waals surface area contributed by atoms with Crippen molar-refractivity contribution in [3.05, 3.63) is 35.9 Å². The summed E-state index contributed by atoms with van der Waals surface area (Å²) in [6, 6.07) is 10.3. The number of Topliss-reactive ketones (excluding diaryl/α,β-unsaturated/α-hetero) is 1. The number of hydrogen-bond acceptors (Lipinski definition) is 1. The first kappa shape index (κ1) is 12.9. The molecule has 0 fully saturated rings. The number of carbonyl (C=O) groups excluding carboxylic acids is 1. The summed E-state index contributed by atoms with van der Waals surface area (Å²) in [4.78, 5) is 10.5. The third kappa shape index (κ3) is 6.41. The summed E-state index contributed by atoms with van der Waals surface area (Å²) in [7, 11) is 0. The highest BCUT2D eigenvalue weighted by Gasteiger charge is 2.14. The summed E-state index contributed by atoms with van der Waals surface area (Å²) >= 11 is 0. The van der Waals surface area contributed by atoms with E-state index in [1.54, 1.807) is 6.92 Å². The van der Waals surface area contributed by atoms with Gasteiger partial charge in [-0.15, -0.1) is 0 Å². The van der Waals surface area contributed by atoms with Gasteiger partial charge >= 0.3 is 0 Å².